The Morgan fingerprint density at radius 2 is 1.74 bits per heavy atom. The molecule has 7 nitrogen and oxygen atoms in total. The standard InChI is InChI=1S/C24H30N4O3/c1-17-11-18(2)13-20(12-17)31-16-19(29)14-27-7-9-28(10-8-27)15-23-25-22-6-4-3-5-21(22)24(30)26-23/h3-6,11-13,19,29H,7-10,14-16H2,1-2H3,(H,25,26,30). The number of aryl methyl sites for hydroxylation is 2. The number of hydrogen-bond acceptors (Lipinski definition) is 6. The average molecular weight is 423 g/mol. The van der Waals surface area contributed by atoms with Crippen molar-refractivity contribution in [1.82, 2.24) is 19.8 Å². The highest BCUT2D eigenvalue weighted by Crippen LogP contribution is 2.16. The van der Waals surface area contributed by atoms with Crippen LogP contribution in [0.1, 0.15) is 17.0 Å². The number of benzene rings is 2. The van der Waals surface area contributed by atoms with E-state index in [9.17, 15) is 9.90 Å². The third-order valence-electron chi connectivity index (χ3n) is 5.61. The smallest absolute Gasteiger partial charge is 0.258 e. The molecule has 0 bridgehead atoms. The lowest BCUT2D eigenvalue weighted by Gasteiger charge is -2.35. The van der Waals surface area contributed by atoms with Gasteiger partial charge in [-0.1, -0.05) is 18.2 Å². The highest BCUT2D eigenvalue weighted by Gasteiger charge is 2.20. The van der Waals surface area contributed by atoms with Crippen molar-refractivity contribution in [2.24, 2.45) is 0 Å². The number of hydrogen-bond donors (Lipinski definition) is 2. The van der Waals surface area contributed by atoms with Crippen LogP contribution in [0.3, 0.4) is 0 Å². The Labute approximate surface area is 182 Å². The van der Waals surface area contributed by atoms with Crippen LogP contribution >= 0.6 is 0 Å². The minimum absolute atomic E-state index is 0.0915. The number of nitrogens with zero attached hydrogens (tertiary/aromatic N) is 3. The van der Waals surface area contributed by atoms with Crippen molar-refractivity contribution in [3.05, 3.63) is 69.8 Å². The zero-order chi connectivity index (χ0) is 21.8. The van der Waals surface area contributed by atoms with Gasteiger partial charge in [0.15, 0.2) is 0 Å². The molecule has 4 rings (SSSR count). The number of fused-ring (bicyclic) bond motifs is 1. The number of aromatic amines is 1. The maximum absolute atomic E-state index is 12.3. The van der Waals surface area contributed by atoms with E-state index in [0.717, 1.165) is 48.6 Å². The van der Waals surface area contributed by atoms with Gasteiger partial charge in [-0.15, -0.1) is 0 Å². The number of rotatable bonds is 7. The minimum atomic E-state index is -0.536. The van der Waals surface area contributed by atoms with E-state index < -0.39 is 6.10 Å². The summed E-state index contributed by atoms with van der Waals surface area (Å²) in [5.41, 5.74) is 2.95. The van der Waals surface area contributed by atoms with Crippen molar-refractivity contribution >= 4 is 10.9 Å². The number of β-amino-alcohol motifs (C(OH)–C–C–N with tert-alkyl or cyclic N) is 1. The first-order chi connectivity index (χ1) is 15.0. The molecular weight excluding hydrogens is 392 g/mol. The fourth-order valence-corrected chi connectivity index (χ4v) is 4.11. The van der Waals surface area contributed by atoms with Crippen LogP contribution in [0.4, 0.5) is 0 Å². The van der Waals surface area contributed by atoms with Gasteiger partial charge in [0.05, 0.1) is 17.4 Å². The van der Waals surface area contributed by atoms with E-state index in [1.54, 1.807) is 6.07 Å². The molecule has 164 valence electrons. The van der Waals surface area contributed by atoms with Crippen molar-refractivity contribution in [2.45, 2.75) is 26.5 Å². The molecule has 2 heterocycles. The monoisotopic (exact) mass is 422 g/mol. The maximum atomic E-state index is 12.3. The number of ether oxygens (including phenoxy) is 1. The van der Waals surface area contributed by atoms with Crippen LogP contribution in [0.5, 0.6) is 5.75 Å². The second-order valence-corrected chi connectivity index (χ2v) is 8.39. The number of aromatic nitrogens is 2. The first-order valence-electron chi connectivity index (χ1n) is 10.8. The van der Waals surface area contributed by atoms with E-state index in [-0.39, 0.29) is 12.2 Å². The second-order valence-electron chi connectivity index (χ2n) is 8.39. The lowest BCUT2D eigenvalue weighted by molar-refractivity contribution is 0.0441. The summed E-state index contributed by atoms with van der Waals surface area (Å²) < 4.78 is 5.79. The summed E-state index contributed by atoms with van der Waals surface area (Å²) in [5, 5.41) is 11.0. The number of aliphatic hydroxyl groups is 1. The first-order valence-corrected chi connectivity index (χ1v) is 10.8. The number of H-pyrrole nitrogens is 1. The van der Waals surface area contributed by atoms with Gasteiger partial charge in [0.1, 0.15) is 24.3 Å². The topological polar surface area (TPSA) is 81.7 Å². The Morgan fingerprint density at radius 3 is 2.48 bits per heavy atom. The van der Waals surface area contributed by atoms with Crippen molar-refractivity contribution in [1.29, 1.82) is 0 Å². The van der Waals surface area contributed by atoms with Crippen LogP contribution < -0.4 is 10.3 Å². The highest BCUT2D eigenvalue weighted by molar-refractivity contribution is 5.77. The SMILES string of the molecule is Cc1cc(C)cc(OCC(O)CN2CCN(Cc3nc4ccccc4c(=O)[nH]3)CC2)c1. The molecule has 1 aromatic heterocycles. The quantitative estimate of drug-likeness (QED) is 0.607. The van der Waals surface area contributed by atoms with E-state index in [4.69, 9.17) is 4.74 Å². The molecule has 1 aliphatic heterocycles. The van der Waals surface area contributed by atoms with Gasteiger partial charge >= 0.3 is 0 Å². The van der Waals surface area contributed by atoms with Crippen LogP contribution in [0, 0.1) is 13.8 Å². The Kier molecular flexibility index (Phi) is 6.65. The molecule has 1 aliphatic rings. The zero-order valence-electron chi connectivity index (χ0n) is 18.2. The Hall–Kier alpha value is -2.74. The molecule has 7 heteroatoms. The van der Waals surface area contributed by atoms with Crippen molar-refractivity contribution < 1.29 is 9.84 Å². The molecule has 0 spiro atoms. The lowest BCUT2D eigenvalue weighted by atomic mass is 10.1. The first kappa shape index (κ1) is 21.5. The summed E-state index contributed by atoms with van der Waals surface area (Å²) in [6, 6.07) is 13.5. The molecule has 0 saturated carbocycles. The van der Waals surface area contributed by atoms with Crippen LogP contribution in [-0.4, -0.2) is 70.3 Å². The largest absolute Gasteiger partial charge is 0.491 e. The molecule has 1 unspecified atom stereocenters. The zero-order valence-corrected chi connectivity index (χ0v) is 18.2. The summed E-state index contributed by atoms with van der Waals surface area (Å²) in [6.45, 7) is 9.01. The van der Waals surface area contributed by atoms with Crippen LogP contribution in [0.2, 0.25) is 0 Å². The predicted octanol–water partition coefficient (Wildman–Crippen LogP) is 2.10. The third-order valence-corrected chi connectivity index (χ3v) is 5.61. The van der Waals surface area contributed by atoms with Gasteiger partial charge < -0.3 is 14.8 Å². The van der Waals surface area contributed by atoms with E-state index >= 15 is 0 Å². The van der Waals surface area contributed by atoms with E-state index in [1.807, 2.05) is 44.2 Å². The van der Waals surface area contributed by atoms with Crippen LogP contribution in [0.25, 0.3) is 10.9 Å². The number of nitrogens with one attached hydrogen (secondary N) is 1. The molecule has 31 heavy (non-hydrogen) atoms. The molecule has 1 fully saturated rings. The summed E-state index contributed by atoms with van der Waals surface area (Å²) in [4.78, 5) is 24.3. The molecular formula is C24H30N4O3. The van der Waals surface area contributed by atoms with Gasteiger partial charge in [0, 0.05) is 32.7 Å². The van der Waals surface area contributed by atoms with Crippen molar-refractivity contribution in [2.75, 3.05) is 39.3 Å². The molecule has 0 aliphatic carbocycles. The Bertz CT molecular complexity index is 1070. The van der Waals surface area contributed by atoms with Gasteiger partial charge in [-0.2, -0.15) is 0 Å². The molecule has 0 amide bonds. The number of para-hydroxylation sites is 1. The second kappa shape index (κ2) is 9.60. The third kappa shape index (κ3) is 5.70. The van der Waals surface area contributed by atoms with Gasteiger partial charge in [-0.05, 0) is 49.2 Å². The average Bonchev–Trinajstić information content (AvgIpc) is 2.73. The lowest BCUT2D eigenvalue weighted by Crippen LogP contribution is -2.49. The van der Waals surface area contributed by atoms with Gasteiger partial charge in [0.2, 0.25) is 0 Å². The molecule has 2 aromatic carbocycles. The summed E-state index contributed by atoms with van der Waals surface area (Å²) >= 11 is 0. The molecule has 1 saturated heterocycles. The molecule has 2 N–H and O–H groups in total. The molecule has 0 radical (unpaired) electrons. The fourth-order valence-electron chi connectivity index (χ4n) is 4.11. The molecule has 3 aromatic rings. The van der Waals surface area contributed by atoms with Crippen molar-refractivity contribution in [3.8, 4) is 5.75 Å². The van der Waals surface area contributed by atoms with Gasteiger partial charge in [-0.25, -0.2) is 4.98 Å². The Balaban J connectivity index is 1.24. The Morgan fingerprint density at radius 1 is 1.06 bits per heavy atom. The minimum Gasteiger partial charge on any atom is -0.491 e. The molecule has 1 atom stereocenters. The van der Waals surface area contributed by atoms with Crippen molar-refractivity contribution in [3.63, 3.8) is 0 Å². The van der Waals surface area contributed by atoms with E-state index in [0.29, 0.717) is 24.3 Å². The van der Waals surface area contributed by atoms with Crippen LogP contribution in [-0.2, 0) is 6.54 Å². The van der Waals surface area contributed by atoms with E-state index in [2.05, 4.69) is 25.8 Å². The summed E-state index contributed by atoms with van der Waals surface area (Å²) in [7, 11) is 0. The number of aliphatic hydroxyl groups excluding tert-OH is 1. The number of piperazine rings is 1. The van der Waals surface area contributed by atoms with Gasteiger partial charge in [0.25, 0.3) is 5.56 Å². The predicted molar refractivity (Wildman–Crippen MR) is 121 cm³/mol. The normalized spacial score (nSPS) is 16.5. The fraction of sp³-hybridized carbons (Fsp3) is 0.417. The van der Waals surface area contributed by atoms with Gasteiger partial charge in [-0.3, -0.25) is 14.6 Å². The highest BCUT2D eigenvalue weighted by atomic mass is 16.5. The summed E-state index contributed by atoms with van der Waals surface area (Å²) in [5.74, 6) is 1.50. The van der Waals surface area contributed by atoms with E-state index in [1.165, 1.54) is 0 Å². The summed E-state index contributed by atoms with van der Waals surface area (Å²) in [6.07, 6.45) is -0.536. The maximum Gasteiger partial charge on any atom is 0.258 e. The van der Waals surface area contributed by atoms with Crippen LogP contribution in [0.15, 0.2) is 47.3 Å².